The lowest BCUT2D eigenvalue weighted by molar-refractivity contribution is -0.150. The summed E-state index contributed by atoms with van der Waals surface area (Å²) in [6.07, 6.45) is 3.53. The molecule has 0 aromatic heterocycles. The fraction of sp³-hybridized carbons (Fsp3) is 0.917. The van der Waals surface area contributed by atoms with E-state index in [1.54, 1.807) is 0 Å². The van der Waals surface area contributed by atoms with Gasteiger partial charge in [0.1, 0.15) is 6.10 Å². The van der Waals surface area contributed by atoms with Crippen LogP contribution in [-0.4, -0.2) is 47.3 Å². The first-order chi connectivity index (χ1) is 7.61. The monoisotopic (exact) mass is 227 g/mol. The van der Waals surface area contributed by atoms with Gasteiger partial charge < -0.3 is 9.84 Å². The molecule has 0 saturated carbocycles. The van der Waals surface area contributed by atoms with Gasteiger partial charge in [0.05, 0.1) is 6.10 Å². The van der Waals surface area contributed by atoms with E-state index in [9.17, 15) is 9.90 Å². The first-order valence-corrected chi connectivity index (χ1v) is 6.21. The van der Waals surface area contributed by atoms with Crippen molar-refractivity contribution >= 4 is 5.97 Å². The number of hydrogen-bond acceptors (Lipinski definition) is 4. The molecule has 4 nitrogen and oxygen atoms in total. The van der Waals surface area contributed by atoms with E-state index in [-0.39, 0.29) is 24.2 Å². The standard InChI is InChI=1S/C12H21NO3/c1-3-4-12(15)16-11-6-8-5-9(14)7-10(11)13(8)2/h8-11,14H,3-7H2,1-2H3/t8-,9?,10+,11?/m1/s1. The summed E-state index contributed by atoms with van der Waals surface area (Å²) in [5.41, 5.74) is 0. The largest absolute Gasteiger partial charge is 0.461 e. The first kappa shape index (κ1) is 11.9. The van der Waals surface area contributed by atoms with Crippen molar-refractivity contribution in [3.8, 4) is 0 Å². The van der Waals surface area contributed by atoms with Crippen LogP contribution in [0.3, 0.4) is 0 Å². The summed E-state index contributed by atoms with van der Waals surface area (Å²) in [4.78, 5) is 13.7. The molecule has 4 heteroatoms. The number of likely N-dealkylation sites (N-methyl/N-ethyl adjacent to an activating group) is 1. The summed E-state index contributed by atoms with van der Waals surface area (Å²) in [7, 11) is 2.06. The molecule has 0 radical (unpaired) electrons. The Bertz CT molecular complexity index is 269. The van der Waals surface area contributed by atoms with Gasteiger partial charge in [-0.05, 0) is 26.3 Å². The lowest BCUT2D eigenvalue weighted by atomic mass is 10.0. The SMILES string of the molecule is CCCC(=O)OC1C[C@H]2CC(O)C[C@@H]1N2C. The third-order valence-corrected chi connectivity index (χ3v) is 3.83. The fourth-order valence-electron chi connectivity index (χ4n) is 2.95. The van der Waals surface area contributed by atoms with E-state index < -0.39 is 0 Å². The predicted octanol–water partition coefficient (Wildman–Crippen LogP) is 0.926. The van der Waals surface area contributed by atoms with Crippen molar-refractivity contribution in [1.29, 1.82) is 0 Å². The minimum atomic E-state index is -0.221. The summed E-state index contributed by atoms with van der Waals surface area (Å²) in [6.45, 7) is 1.98. The predicted molar refractivity (Wildman–Crippen MR) is 60.0 cm³/mol. The summed E-state index contributed by atoms with van der Waals surface area (Å²) in [5, 5.41) is 9.70. The lowest BCUT2D eigenvalue weighted by Crippen LogP contribution is -2.44. The van der Waals surface area contributed by atoms with Crippen LogP contribution in [0.15, 0.2) is 0 Å². The van der Waals surface area contributed by atoms with Crippen LogP contribution >= 0.6 is 0 Å². The molecule has 2 unspecified atom stereocenters. The highest BCUT2D eigenvalue weighted by molar-refractivity contribution is 5.69. The van der Waals surface area contributed by atoms with Gasteiger partial charge in [0.25, 0.3) is 0 Å². The lowest BCUT2D eigenvalue weighted by Gasteiger charge is -2.34. The van der Waals surface area contributed by atoms with E-state index in [0.29, 0.717) is 12.5 Å². The molecule has 0 aromatic rings. The van der Waals surface area contributed by atoms with Crippen molar-refractivity contribution in [2.45, 2.75) is 63.3 Å². The Labute approximate surface area is 96.6 Å². The quantitative estimate of drug-likeness (QED) is 0.729. The number of nitrogens with zero attached hydrogens (tertiary/aromatic N) is 1. The van der Waals surface area contributed by atoms with Gasteiger partial charge in [-0.3, -0.25) is 9.69 Å². The van der Waals surface area contributed by atoms with Gasteiger partial charge in [-0.1, -0.05) is 6.92 Å². The Morgan fingerprint density at radius 3 is 2.88 bits per heavy atom. The second-order valence-electron chi connectivity index (χ2n) is 5.03. The van der Waals surface area contributed by atoms with Crippen LogP contribution < -0.4 is 0 Å². The molecule has 0 spiro atoms. The average Bonchev–Trinajstić information content (AvgIpc) is 2.41. The maximum atomic E-state index is 11.5. The minimum Gasteiger partial charge on any atom is -0.461 e. The number of esters is 1. The molecule has 0 aliphatic carbocycles. The summed E-state index contributed by atoms with van der Waals surface area (Å²) < 4.78 is 5.49. The van der Waals surface area contributed by atoms with Crippen LogP contribution in [0.25, 0.3) is 0 Å². The highest BCUT2D eigenvalue weighted by Crippen LogP contribution is 2.36. The number of carbonyl (C=O) groups is 1. The molecule has 2 heterocycles. The van der Waals surface area contributed by atoms with E-state index in [2.05, 4.69) is 11.9 Å². The normalized spacial score (nSPS) is 38.7. The van der Waals surface area contributed by atoms with Crippen molar-refractivity contribution in [3.63, 3.8) is 0 Å². The van der Waals surface area contributed by atoms with Crippen LogP contribution in [0.2, 0.25) is 0 Å². The van der Waals surface area contributed by atoms with E-state index in [1.165, 1.54) is 0 Å². The van der Waals surface area contributed by atoms with Crippen LogP contribution in [0.4, 0.5) is 0 Å². The number of ether oxygens (including phenoxy) is 1. The summed E-state index contributed by atoms with van der Waals surface area (Å²) in [5.74, 6) is -0.0945. The molecule has 92 valence electrons. The number of carbonyl (C=O) groups excluding carboxylic acids is 1. The number of piperidine rings is 1. The van der Waals surface area contributed by atoms with Gasteiger partial charge in [0.15, 0.2) is 0 Å². The van der Waals surface area contributed by atoms with Gasteiger partial charge in [-0.15, -0.1) is 0 Å². The molecule has 4 atom stereocenters. The highest BCUT2D eigenvalue weighted by atomic mass is 16.5. The number of rotatable bonds is 3. The van der Waals surface area contributed by atoms with Gasteiger partial charge in [-0.2, -0.15) is 0 Å². The van der Waals surface area contributed by atoms with Crippen molar-refractivity contribution < 1.29 is 14.6 Å². The highest BCUT2D eigenvalue weighted by Gasteiger charge is 2.46. The molecule has 2 aliphatic rings. The molecule has 2 fully saturated rings. The summed E-state index contributed by atoms with van der Waals surface area (Å²) >= 11 is 0. The second kappa shape index (κ2) is 4.72. The number of hydrogen-bond donors (Lipinski definition) is 1. The maximum Gasteiger partial charge on any atom is 0.306 e. The Morgan fingerprint density at radius 1 is 1.44 bits per heavy atom. The van der Waals surface area contributed by atoms with E-state index in [4.69, 9.17) is 4.74 Å². The third-order valence-electron chi connectivity index (χ3n) is 3.83. The van der Waals surface area contributed by atoms with E-state index in [0.717, 1.165) is 25.7 Å². The molecule has 2 bridgehead atoms. The summed E-state index contributed by atoms with van der Waals surface area (Å²) in [6, 6.07) is 0.600. The zero-order valence-electron chi connectivity index (χ0n) is 10.1. The molecule has 2 rings (SSSR count). The molecule has 2 saturated heterocycles. The van der Waals surface area contributed by atoms with Gasteiger partial charge in [0.2, 0.25) is 0 Å². The molecule has 0 aromatic carbocycles. The molecular weight excluding hydrogens is 206 g/mol. The molecule has 16 heavy (non-hydrogen) atoms. The van der Waals surface area contributed by atoms with Gasteiger partial charge in [0, 0.05) is 24.9 Å². The number of aliphatic hydroxyl groups excluding tert-OH is 1. The van der Waals surface area contributed by atoms with Crippen molar-refractivity contribution in [1.82, 2.24) is 4.90 Å². The maximum absolute atomic E-state index is 11.5. The Balaban J connectivity index is 1.95. The molecule has 0 amide bonds. The smallest absolute Gasteiger partial charge is 0.306 e. The van der Waals surface area contributed by atoms with Crippen molar-refractivity contribution in [3.05, 3.63) is 0 Å². The molecule has 1 N–H and O–H groups in total. The van der Waals surface area contributed by atoms with Crippen LogP contribution in [0.5, 0.6) is 0 Å². The average molecular weight is 227 g/mol. The zero-order valence-corrected chi connectivity index (χ0v) is 10.1. The second-order valence-corrected chi connectivity index (χ2v) is 5.03. The van der Waals surface area contributed by atoms with E-state index in [1.807, 2.05) is 6.92 Å². The topological polar surface area (TPSA) is 49.8 Å². The third kappa shape index (κ3) is 2.23. The Hall–Kier alpha value is -0.610. The Kier molecular flexibility index (Phi) is 3.50. The number of fused-ring (bicyclic) bond motifs is 2. The molecule has 2 aliphatic heterocycles. The van der Waals surface area contributed by atoms with Gasteiger partial charge in [-0.25, -0.2) is 0 Å². The zero-order chi connectivity index (χ0) is 11.7. The minimum absolute atomic E-state index is 0.00815. The van der Waals surface area contributed by atoms with Crippen LogP contribution in [0, 0.1) is 0 Å². The number of aliphatic hydroxyl groups is 1. The van der Waals surface area contributed by atoms with Gasteiger partial charge >= 0.3 is 5.97 Å². The molecular formula is C12H21NO3. The fourth-order valence-corrected chi connectivity index (χ4v) is 2.95. The first-order valence-electron chi connectivity index (χ1n) is 6.21. The van der Waals surface area contributed by atoms with Crippen LogP contribution in [0.1, 0.15) is 39.0 Å². The van der Waals surface area contributed by atoms with Crippen molar-refractivity contribution in [2.75, 3.05) is 7.05 Å². The Morgan fingerprint density at radius 2 is 2.19 bits per heavy atom. The van der Waals surface area contributed by atoms with Crippen molar-refractivity contribution in [2.24, 2.45) is 0 Å². The van der Waals surface area contributed by atoms with Crippen LogP contribution in [-0.2, 0) is 9.53 Å². The van der Waals surface area contributed by atoms with E-state index >= 15 is 0 Å².